The van der Waals surface area contributed by atoms with Crippen molar-refractivity contribution in [1.29, 1.82) is 0 Å². The van der Waals surface area contributed by atoms with Gasteiger partial charge in [-0.25, -0.2) is 4.98 Å². The Bertz CT molecular complexity index is 719. The lowest BCUT2D eigenvalue weighted by atomic mass is 10.1. The molecule has 2 rings (SSSR count). The number of guanidine groups is 1. The number of hydrogen-bond donors (Lipinski definition) is 2. The molecule has 26 heavy (non-hydrogen) atoms. The minimum absolute atomic E-state index is 0. The predicted molar refractivity (Wildman–Crippen MR) is 111 cm³/mol. The number of nitrogens with zero attached hydrogens (tertiary/aromatic N) is 2. The Kier molecular flexibility index (Phi) is 9.11. The molecule has 0 spiro atoms. The van der Waals surface area contributed by atoms with Gasteiger partial charge in [-0.2, -0.15) is 13.2 Å². The second kappa shape index (κ2) is 10.3. The Labute approximate surface area is 176 Å². The molecule has 1 atom stereocenters. The zero-order valence-corrected chi connectivity index (χ0v) is 18.0. The molecule has 1 aromatic carbocycles. The van der Waals surface area contributed by atoms with E-state index in [1.807, 2.05) is 31.2 Å². The summed E-state index contributed by atoms with van der Waals surface area (Å²) in [6.07, 6.45) is -4.01. The lowest BCUT2D eigenvalue weighted by molar-refractivity contribution is -0.140. The number of benzene rings is 1. The summed E-state index contributed by atoms with van der Waals surface area (Å²) >= 11 is 6.88. The number of alkyl halides is 3. The average Bonchev–Trinajstić information content (AvgIpc) is 3.03. The number of nitrogens with one attached hydrogen (secondary N) is 2. The molecule has 0 aliphatic carbocycles. The zero-order chi connectivity index (χ0) is 18.4. The molecule has 4 nitrogen and oxygen atoms in total. The van der Waals surface area contributed by atoms with E-state index in [1.54, 1.807) is 7.05 Å². The highest BCUT2D eigenvalue weighted by Gasteiger charge is 2.33. The number of thiazole rings is 1. The van der Waals surface area contributed by atoms with E-state index in [2.05, 4.69) is 20.6 Å². The van der Waals surface area contributed by atoms with E-state index in [4.69, 9.17) is 11.6 Å². The Hall–Kier alpha value is -1.07. The van der Waals surface area contributed by atoms with Gasteiger partial charge in [0, 0.05) is 30.4 Å². The van der Waals surface area contributed by atoms with Gasteiger partial charge in [0.1, 0.15) is 0 Å². The molecule has 0 bridgehead atoms. The summed E-state index contributed by atoms with van der Waals surface area (Å²) in [6.45, 7) is 2.41. The summed E-state index contributed by atoms with van der Waals surface area (Å²) < 4.78 is 37.6. The fourth-order valence-corrected chi connectivity index (χ4v) is 3.01. The van der Waals surface area contributed by atoms with Crippen LogP contribution in [0.1, 0.15) is 29.2 Å². The number of hydrogen-bond acceptors (Lipinski definition) is 3. The molecule has 0 radical (unpaired) electrons. The SMILES string of the molecule is CN=C(NCCc1nc(C(F)(F)F)cs1)NC(C)c1ccc(Cl)cc1.I. The highest BCUT2D eigenvalue weighted by Crippen LogP contribution is 2.30. The maximum Gasteiger partial charge on any atom is 0.434 e. The predicted octanol–water partition coefficient (Wildman–Crippen LogP) is 4.90. The van der Waals surface area contributed by atoms with Gasteiger partial charge in [-0.05, 0) is 24.6 Å². The van der Waals surface area contributed by atoms with E-state index >= 15 is 0 Å². The zero-order valence-electron chi connectivity index (χ0n) is 14.1. The first kappa shape index (κ1) is 23.0. The summed E-state index contributed by atoms with van der Waals surface area (Å²) in [5.41, 5.74) is 0.202. The standard InChI is InChI=1S/C16H18ClF3N4S.HI/c1-10(11-3-5-12(17)6-4-11)23-15(21-2)22-8-7-14-24-13(9-25-14)16(18,19)20;/h3-6,9-10H,7-8H2,1-2H3,(H2,21,22,23);1H. The molecular weight excluding hydrogens is 500 g/mol. The van der Waals surface area contributed by atoms with Gasteiger partial charge < -0.3 is 10.6 Å². The molecule has 1 aromatic heterocycles. The van der Waals surface area contributed by atoms with E-state index in [9.17, 15) is 13.2 Å². The fourth-order valence-electron chi connectivity index (χ4n) is 2.08. The quantitative estimate of drug-likeness (QED) is 0.336. The average molecular weight is 519 g/mol. The van der Waals surface area contributed by atoms with Crippen molar-refractivity contribution in [3.8, 4) is 0 Å². The summed E-state index contributed by atoms with van der Waals surface area (Å²) in [5.74, 6) is 0.565. The Morgan fingerprint density at radius 2 is 1.96 bits per heavy atom. The molecule has 10 heteroatoms. The van der Waals surface area contributed by atoms with Crippen molar-refractivity contribution in [2.24, 2.45) is 4.99 Å². The number of rotatable bonds is 5. The van der Waals surface area contributed by atoms with Crippen molar-refractivity contribution >= 4 is 52.9 Å². The maximum atomic E-state index is 12.5. The summed E-state index contributed by atoms with van der Waals surface area (Å²) in [7, 11) is 1.63. The van der Waals surface area contributed by atoms with Crippen LogP contribution >= 0.6 is 46.9 Å². The first-order chi connectivity index (χ1) is 11.8. The molecule has 0 aliphatic heterocycles. The molecule has 0 saturated carbocycles. The van der Waals surface area contributed by atoms with Crippen LogP contribution in [0.4, 0.5) is 13.2 Å². The van der Waals surface area contributed by atoms with Gasteiger partial charge in [-0.1, -0.05) is 23.7 Å². The largest absolute Gasteiger partial charge is 0.434 e. The number of aliphatic imine (C=N–C) groups is 1. The van der Waals surface area contributed by atoms with E-state index in [-0.39, 0.29) is 30.0 Å². The highest BCUT2D eigenvalue weighted by molar-refractivity contribution is 14.0. The third-order valence-electron chi connectivity index (χ3n) is 3.42. The lowest BCUT2D eigenvalue weighted by Gasteiger charge is -2.18. The third-order valence-corrected chi connectivity index (χ3v) is 4.58. The maximum absolute atomic E-state index is 12.5. The van der Waals surface area contributed by atoms with Crippen LogP contribution in [-0.2, 0) is 12.6 Å². The van der Waals surface area contributed by atoms with Crippen molar-refractivity contribution in [3.63, 3.8) is 0 Å². The van der Waals surface area contributed by atoms with Crippen molar-refractivity contribution in [2.45, 2.75) is 25.6 Å². The van der Waals surface area contributed by atoms with Crippen molar-refractivity contribution in [1.82, 2.24) is 15.6 Å². The van der Waals surface area contributed by atoms with Crippen molar-refractivity contribution in [3.05, 3.63) is 50.9 Å². The van der Waals surface area contributed by atoms with Crippen LogP contribution in [0.15, 0.2) is 34.6 Å². The molecule has 2 N–H and O–H groups in total. The Morgan fingerprint density at radius 3 is 2.50 bits per heavy atom. The topological polar surface area (TPSA) is 49.3 Å². The second-order valence-corrected chi connectivity index (χ2v) is 6.67. The molecule has 0 aliphatic rings. The van der Waals surface area contributed by atoms with Gasteiger partial charge in [0.05, 0.1) is 11.0 Å². The smallest absolute Gasteiger partial charge is 0.356 e. The highest BCUT2D eigenvalue weighted by atomic mass is 127. The van der Waals surface area contributed by atoms with Gasteiger partial charge >= 0.3 is 6.18 Å². The molecule has 2 aromatic rings. The van der Waals surface area contributed by atoms with Gasteiger partial charge in [-0.15, -0.1) is 35.3 Å². The van der Waals surface area contributed by atoms with Gasteiger partial charge in [-0.3, -0.25) is 4.99 Å². The van der Waals surface area contributed by atoms with E-state index in [0.717, 1.165) is 22.3 Å². The Morgan fingerprint density at radius 1 is 1.31 bits per heavy atom. The molecule has 1 heterocycles. The number of aromatic nitrogens is 1. The molecule has 0 fully saturated rings. The van der Waals surface area contributed by atoms with Crippen LogP contribution < -0.4 is 10.6 Å². The second-order valence-electron chi connectivity index (χ2n) is 5.29. The summed E-state index contributed by atoms with van der Waals surface area (Å²) in [4.78, 5) is 7.72. The molecular formula is C16H19ClF3IN4S. The van der Waals surface area contributed by atoms with E-state index < -0.39 is 11.9 Å². The number of halogens is 5. The lowest BCUT2D eigenvalue weighted by Crippen LogP contribution is -2.39. The fraction of sp³-hybridized carbons (Fsp3) is 0.375. The molecule has 1 unspecified atom stereocenters. The van der Waals surface area contributed by atoms with Gasteiger partial charge in [0.15, 0.2) is 11.7 Å². The minimum Gasteiger partial charge on any atom is -0.356 e. The van der Waals surface area contributed by atoms with Crippen LogP contribution in [-0.4, -0.2) is 24.5 Å². The van der Waals surface area contributed by atoms with Crippen molar-refractivity contribution in [2.75, 3.05) is 13.6 Å². The molecule has 0 amide bonds. The Balaban J connectivity index is 0.00000338. The normalized spacial score (nSPS) is 13.1. The van der Waals surface area contributed by atoms with Crippen LogP contribution in [0.25, 0.3) is 0 Å². The van der Waals surface area contributed by atoms with Crippen LogP contribution in [0.3, 0.4) is 0 Å². The first-order valence-corrected chi connectivity index (χ1v) is 8.79. The summed E-state index contributed by atoms with van der Waals surface area (Å²) in [5, 5.41) is 8.42. The summed E-state index contributed by atoms with van der Waals surface area (Å²) in [6, 6.07) is 7.46. The van der Waals surface area contributed by atoms with Crippen LogP contribution in [0.5, 0.6) is 0 Å². The van der Waals surface area contributed by atoms with Gasteiger partial charge in [0.25, 0.3) is 0 Å². The monoisotopic (exact) mass is 518 g/mol. The molecule has 144 valence electrons. The van der Waals surface area contributed by atoms with E-state index in [0.29, 0.717) is 29.0 Å². The van der Waals surface area contributed by atoms with E-state index in [1.165, 1.54) is 0 Å². The van der Waals surface area contributed by atoms with Crippen LogP contribution in [0.2, 0.25) is 5.02 Å². The van der Waals surface area contributed by atoms with Gasteiger partial charge in [0.2, 0.25) is 0 Å². The molecule has 0 saturated heterocycles. The minimum atomic E-state index is -4.40. The van der Waals surface area contributed by atoms with Crippen molar-refractivity contribution < 1.29 is 13.2 Å². The third kappa shape index (κ3) is 6.92. The van der Waals surface area contributed by atoms with Crippen LogP contribution in [0, 0.1) is 0 Å². The first-order valence-electron chi connectivity index (χ1n) is 7.54.